The van der Waals surface area contributed by atoms with E-state index >= 15 is 0 Å². The molecule has 2 aromatic heterocycles. The highest BCUT2D eigenvalue weighted by Crippen LogP contribution is 2.33. The number of nitrogens with zero attached hydrogens (tertiary/aromatic N) is 5. The van der Waals surface area contributed by atoms with E-state index in [1.165, 1.54) is 11.8 Å². The van der Waals surface area contributed by atoms with E-state index in [2.05, 4.69) is 29.2 Å². The molecule has 1 atom stereocenters. The lowest BCUT2D eigenvalue weighted by Gasteiger charge is -2.18. The van der Waals surface area contributed by atoms with Crippen molar-refractivity contribution in [1.82, 2.24) is 29.5 Å². The van der Waals surface area contributed by atoms with Gasteiger partial charge in [0.05, 0.1) is 17.9 Å². The van der Waals surface area contributed by atoms with E-state index < -0.39 is 0 Å². The van der Waals surface area contributed by atoms with E-state index in [0.29, 0.717) is 28.5 Å². The summed E-state index contributed by atoms with van der Waals surface area (Å²) in [7, 11) is 0. The minimum atomic E-state index is -0.188. The number of thioether (sulfide) groups is 1. The lowest BCUT2D eigenvalue weighted by Crippen LogP contribution is -2.32. The van der Waals surface area contributed by atoms with Gasteiger partial charge in [0.25, 0.3) is 5.56 Å². The van der Waals surface area contributed by atoms with Crippen LogP contribution in [-0.4, -0.2) is 62.1 Å². The molecule has 1 aliphatic rings. The Bertz CT molecular complexity index is 1110. The molecule has 1 N–H and O–H groups in total. The van der Waals surface area contributed by atoms with Crippen molar-refractivity contribution < 1.29 is 4.79 Å². The van der Waals surface area contributed by atoms with Crippen molar-refractivity contribution in [1.29, 1.82) is 0 Å². The van der Waals surface area contributed by atoms with Crippen molar-refractivity contribution >= 4 is 28.7 Å². The zero-order valence-corrected chi connectivity index (χ0v) is 18.8. The Morgan fingerprint density at radius 3 is 2.77 bits per heavy atom. The second-order valence-corrected chi connectivity index (χ2v) is 8.59. The fraction of sp³-hybridized carbons (Fsp3) is 0.455. The summed E-state index contributed by atoms with van der Waals surface area (Å²) in [5.41, 5.74) is 1.28. The van der Waals surface area contributed by atoms with E-state index in [0.717, 1.165) is 31.7 Å². The predicted octanol–water partition coefficient (Wildman–Crippen LogP) is 2.47. The molecule has 31 heavy (non-hydrogen) atoms. The molecule has 1 unspecified atom stereocenters. The monoisotopic (exact) mass is 440 g/mol. The zero-order chi connectivity index (χ0) is 21.8. The Morgan fingerprint density at radius 1 is 1.26 bits per heavy atom. The third-order valence-corrected chi connectivity index (χ3v) is 6.76. The van der Waals surface area contributed by atoms with Gasteiger partial charge in [0.1, 0.15) is 5.39 Å². The maximum atomic E-state index is 13.2. The first-order valence-electron chi connectivity index (χ1n) is 10.8. The van der Waals surface area contributed by atoms with Crippen molar-refractivity contribution in [3.8, 4) is 5.69 Å². The number of para-hydroxylation sites is 1. The zero-order valence-electron chi connectivity index (χ0n) is 18.0. The largest absolute Gasteiger partial charge is 0.356 e. The summed E-state index contributed by atoms with van der Waals surface area (Å²) in [6.07, 6.45) is 2.77. The Morgan fingerprint density at radius 2 is 2.03 bits per heavy atom. The number of benzene rings is 1. The third-order valence-electron chi connectivity index (χ3n) is 5.66. The summed E-state index contributed by atoms with van der Waals surface area (Å²) >= 11 is 1.52. The number of rotatable bonds is 9. The predicted molar refractivity (Wildman–Crippen MR) is 123 cm³/mol. The summed E-state index contributed by atoms with van der Waals surface area (Å²) in [6, 6.07) is 9.46. The quantitative estimate of drug-likeness (QED) is 0.406. The van der Waals surface area contributed by atoms with Gasteiger partial charge in [-0.2, -0.15) is 5.10 Å². The molecule has 164 valence electrons. The number of amides is 1. The Balaban J connectivity index is 1.46. The first-order valence-corrected chi connectivity index (χ1v) is 11.8. The van der Waals surface area contributed by atoms with Crippen LogP contribution in [0.1, 0.15) is 32.7 Å². The highest BCUT2D eigenvalue weighted by atomic mass is 32.2. The number of carbonyl (C=O) groups excluding carboxylic acids is 1. The Hall–Kier alpha value is -2.65. The van der Waals surface area contributed by atoms with E-state index in [1.54, 1.807) is 15.4 Å². The van der Waals surface area contributed by atoms with E-state index in [4.69, 9.17) is 4.98 Å². The Labute approximate surface area is 185 Å². The fourth-order valence-electron chi connectivity index (χ4n) is 3.90. The molecule has 1 aliphatic heterocycles. The maximum absolute atomic E-state index is 13.2. The summed E-state index contributed by atoms with van der Waals surface area (Å²) in [4.78, 5) is 32.7. The Kier molecular flexibility index (Phi) is 6.72. The molecule has 0 radical (unpaired) electrons. The molecule has 1 amide bonds. The molecule has 0 aliphatic carbocycles. The van der Waals surface area contributed by atoms with Gasteiger partial charge >= 0.3 is 0 Å². The fourth-order valence-corrected chi connectivity index (χ4v) is 5.03. The SMILES string of the molecule is CCN(CC)CCCNC(=O)CC1CSc2nc3c(cnn3-c3ccccc3)c(=O)n21. The topological polar surface area (TPSA) is 85.1 Å². The molecule has 4 rings (SSSR count). The average molecular weight is 441 g/mol. The molecule has 1 aromatic carbocycles. The molecule has 3 heterocycles. The van der Waals surface area contributed by atoms with Gasteiger partial charge in [-0.3, -0.25) is 14.2 Å². The van der Waals surface area contributed by atoms with Crippen molar-refractivity contribution in [3.05, 3.63) is 46.9 Å². The van der Waals surface area contributed by atoms with Crippen LogP contribution in [0.4, 0.5) is 0 Å². The van der Waals surface area contributed by atoms with Gasteiger partial charge in [-0.1, -0.05) is 43.8 Å². The van der Waals surface area contributed by atoms with Crippen LogP contribution in [0.25, 0.3) is 16.7 Å². The molecular formula is C22H28N6O2S. The molecule has 3 aromatic rings. The van der Waals surface area contributed by atoms with E-state index in [-0.39, 0.29) is 23.9 Å². The second kappa shape index (κ2) is 9.65. The summed E-state index contributed by atoms with van der Waals surface area (Å²) < 4.78 is 3.35. The number of carbonyl (C=O) groups is 1. The summed E-state index contributed by atoms with van der Waals surface area (Å²) in [5.74, 6) is 0.644. The van der Waals surface area contributed by atoms with Crippen molar-refractivity contribution in [2.24, 2.45) is 0 Å². The number of hydrogen-bond donors (Lipinski definition) is 1. The number of hydrogen-bond acceptors (Lipinski definition) is 6. The highest BCUT2D eigenvalue weighted by molar-refractivity contribution is 7.99. The van der Waals surface area contributed by atoms with Crippen LogP contribution in [0.5, 0.6) is 0 Å². The molecule has 0 fully saturated rings. The second-order valence-electron chi connectivity index (χ2n) is 7.60. The minimum absolute atomic E-state index is 0.0232. The van der Waals surface area contributed by atoms with Gasteiger partial charge in [-0.15, -0.1) is 0 Å². The van der Waals surface area contributed by atoms with Crippen LogP contribution in [0.2, 0.25) is 0 Å². The van der Waals surface area contributed by atoms with Gasteiger partial charge in [0.15, 0.2) is 10.8 Å². The van der Waals surface area contributed by atoms with Gasteiger partial charge in [-0.25, -0.2) is 9.67 Å². The van der Waals surface area contributed by atoms with Crippen LogP contribution in [0, 0.1) is 0 Å². The van der Waals surface area contributed by atoms with Crippen molar-refractivity contribution in [3.63, 3.8) is 0 Å². The maximum Gasteiger partial charge on any atom is 0.265 e. The first kappa shape index (κ1) is 21.6. The standard InChI is InChI=1S/C22H28N6O2S/c1-3-26(4-2)12-8-11-23-19(29)13-17-15-31-22-25-20-18(21(30)27(17)22)14-24-28(20)16-9-6-5-7-10-16/h5-7,9-10,14,17H,3-4,8,11-13,15H2,1-2H3,(H,23,29). The van der Waals surface area contributed by atoms with Gasteiger partial charge in [0.2, 0.25) is 5.91 Å². The molecule has 0 spiro atoms. The highest BCUT2D eigenvalue weighted by Gasteiger charge is 2.29. The summed E-state index contributed by atoms with van der Waals surface area (Å²) in [6.45, 7) is 7.95. The van der Waals surface area contributed by atoms with E-state index in [9.17, 15) is 9.59 Å². The van der Waals surface area contributed by atoms with Crippen LogP contribution in [0.15, 0.2) is 46.5 Å². The van der Waals surface area contributed by atoms with Crippen LogP contribution in [-0.2, 0) is 4.79 Å². The number of nitrogens with one attached hydrogen (secondary N) is 1. The smallest absolute Gasteiger partial charge is 0.265 e. The first-order chi connectivity index (χ1) is 15.1. The molecule has 0 saturated heterocycles. The number of fused-ring (bicyclic) bond motifs is 2. The molecular weight excluding hydrogens is 412 g/mol. The van der Waals surface area contributed by atoms with Crippen LogP contribution < -0.4 is 10.9 Å². The van der Waals surface area contributed by atoms with Crippen molar-refractivity contribution in [2.75, 3.05) is 31.9 Å². The summed E-state index contributed by atoms with van der Waals surface area (Å²) in [5, 5.41) is 8.50. The average Bonchev–Trinajstić information content (AvgIpc) is 3.39. The van der Waals surface area contributed by atoms with Gasteiger partial charge in [0, 0.05) is 18.7 Å². The van der Waals surface area contributed by atoms with Crippen LogP contribution in [0.3, 0.4) is 0 Å². The molecule has 0 saturated carbocycles. The van der Waals surface area contributed by atoms with Gasteiger partial charge in [-0.05, 0) is 38.2 Å². The third kappa shape index (κ3) is 4.52. The molecule has 0 bridgehead atoms. The molecule has 9 heteroatoms. The minimum Gasteiger partial charge on any atom is -0.356 e. The lowest BCUT2D eigenvalue weighted by molar-refractivity contribution is -0.121. The normalized spacial score (nSPS) is 15.5. The lowest BCUT2D eigenvalue weighted by atomic mass is 10.2. The van der Waals surface area contributed by atoms with E-state index in [1.807, 2.05) is 30.3 Å². The van der Waals surface area contributed by atoms with Crippen LogP contribution >= 0.6 is 11.8 Å². The number of aromatic nitrogens is 4. The van der Waals surface area contributed by atoms with Gasteiger partial charge < -0.3 is 10.2 Å². The molecule has 8 nitrogen and oxygen atoms in total. The van der Waals surface area contributed by atoms with Crippen molar-refractivity contribution in [2.45, 2.75) is 37.9 Å².